The number of hydrogen-bond donors (Lipinski definition) is 0. The van der Waals surface area contributed by atoms with E-state index in [1.54, 1.807) is 4.68 Å². The van der Waals surface area contributed by atoms with Gasteiger partial charge in [0.25, 0.3) is 5.91 Å². The SMILES string of the molecule is Cc1nn(C)c(C)c1C(=O)N(C)C[C@@H]1CCc2nccn2C1. The van der Waals surface area contributed by atoms with Gasteiger partial charge < -0.3 is 9.47 Å². The fourth-order valence-electron chi connectivity index (χ4n) is 3.33. The largest absolute Gasteiger partial charge is 0.341 e. The molecule has 118 valence electrons. The molecular formula is C16H23N5O. The van der Waals surface area contributed by atoms with Gasteiger partial charge in [-0.05, 0) is 26.2 Å². The average molecular weight is 301 g/mol. The van der Waals surface area contributed by atoms with E-state index < -0.39 is 0 Å². The second-order valence-electron chi connectivity index (χ2n) is 6.26. The van der Waals surface area contributed by atoms with Crippen molar-refractivity contribution in [2.75, 3.05) is 13.6 Å². The first-order valence-corrected chi connectivity index (χ1v) is 7.73. The molecule has 0 aliphatic carbocycles. The summed E-state index contributed by atoms with van der Waals surface area (Å²) in [6.07, 6.45) is 5.96. The monoisotopic (exact) mass is 301 g/mol. The Morgan fingerprint density at radius 1 is 1.45 bits per heavy atom. The van der Waals surface area contributed by atoms with E-state index in [1.165, 1.54) is 0 Å². The molecule has 0 bridgehead atoms. The van der Waals surface area contributed by atoms with E-state index >= 15 is 0 Å². The van der Waals surface area contributed by atoms with E-state index in [9.17, 15) is 4.79 Å². The molecule has 6 nitrogen and oxygen atoms in total. The van der Waals surface area contributed by atoms with E-state index in [-0.39, 0.29) is 5.91 Å². The summed E-state index contributed by atoms with van der Waals surface area (Å²) in [6.45, 7) is 5.55. The molecule has 3 heterocycles. The summed E-state index contributed by atoms with van der Waals surface area (Å²) in [7, 11) is 3.76. The minimum absolute atomic E-state index is 0.0690. The third kappa shape index (κ3) is 2.53. The Kier molecular flexibility index (Phi) is 3.76. The van der Waals surface area contributed by atoms with E-state index in [4.69, 9.17) is 0 Å². The van der Waals surface area contributed by atoms with Gasteiger partial charge in [0, 0.05) is 51.7 Å². The standard InChI is InChI=1S/C16H23N5O/c1-11-15(12(2)20(4)18-11)16(22)19(3)9-13-5-6-14-17-7-8-21(14)10-13/h7-8,13H,5-6,9-10H2,1-4H3/t13-/m0/s1. The zero-order chi connectivity index (χ0) is 15.9. The fourth-order valence-corrected chi connectivity index (χ4v) is 3.33. The van der Waals surface area contributed by atoms with Crippen molar-refractivity contribution in [2.24, 2.45) is 13.0 Å². The van der Waals surface area contributed by atoms with Crippen molar-refractivity contribution in [3.63, 3.8) is 0 Å². The molecule has 0 radical (unpaired) electrons. The summed E-state index contributed by atoms with van der Waals surface area (Å²) < 4.78 is 3.97. The lowest BCUT2D eigenvalue weighted by Crippen LogP contribution is -2.35. The van der Waals surface area contributed by atoms with E-state index in [0.29, 0.717) is 5.92 Å². The molecule has 1 amide bonds. The van der Waals surface area contributed by atoms with E-state index in [0.717, 1.165) is 48.7 Å². The minimum Gasteiger partial charge on any atom is -0.341 e. The molecule has 6 heteroatoms. The molecule has 22 heavy (non-hydrogen) atoms. The van der Waals surface area contributed by atoms with Crippen molar-refractivity contribution in [3.8, 4) is 0 Å². The Morgan fingerprint density at radius 3 is 2.91 bits per heavy atom. The Labute approximate surface area is 130 Å². The Balaban J connectivity index is 1.70. The van der Waals surface area contributed by atoms with Crippen LogP contribution in [-0.4, -0.2) is 43.7 Å². The highest BCUT2D eigenvalue weighted by Crippen LogP contribution is 2.21. The van der Waals surface area contributed by atoms with Crippen LogP contribution in [0, 0.1) is 19.8 Å². The average Bonchev–Trinajstić information content (AvgIpc) is 3.03. The van der Waals surface area contributed by atoms with Crippen molar-refractivity contribution in [1.82, 2.24) is 24.2 Å². The number of hydrogen-bond acceptors (Lipinski definition) is 3. The third-order valence-electron chi connectivity index (χ3n) is 4.63. The van der Waals surface area contributed by atoms with Crippen molar-refractivity contribution in [2.45, 2.75) is 33.2 Å². The third-order valence-corrected chi connectivity index (χ3v) is 4.63. The van der Waals surface area contributed by atoms with Crippen LogP contribution in [0.1, 0.15) is 34.0 Å². The number of aryl methyl sites for hydroxylation is 3. The highest BCUT2D eigenvalue weighted by Gasteiger charge is 2.25. The van der Waals surface area contributed by atoms with Crippen LogP contribution in [0.5, 0.6) is 0 Å². The van der Waals surface area contributed by atoms with Crippen LogP contribution in [0.4, 0.5) is 0 Å². The Bertz CT molecular complexity index is 699. The van der Waals surface area contributed by atoms with Crippen LogP contribution in [0.25, 0.3) is 0 Å². The number of imidazole rings is 1. The predicted molar refractivity (Wildman–Crippen MR) is 83.7 cm³/mol. The molecule has 0 fully saturated rings. The maximum absolute atomic E-state index is 12.7. The molecule has 2 aromatic rings. The quantitative estimate of drug-likeness (QED) is 0.864. The normalized spacial score (nSPS) is 17.4. The highest BCUT2D eigenvalue weighted by molar-refractivity contribution is 5.96. The van der Waals surface area contributed by atoms with Crippen molar-refractivity contribution < 1.29 is 4.79 Å². The molecule has 1 aliphatic heterocycles. The van der Waals surface area contributed by atoms with Gasteiger partial charge in [-0.3, -0.25) is 9.48 Å². The second-order valence-corrected chi connectivity index (χ2v) is 6.26. The molecule has 0 aromatic carbocycles. The van der Waals surface area contributed by atoms with Gasteiger partial charge in [-0.25, -0.2) is 4.98 Å². The number of carbonyl (C=O) groups is 1. The molecule has 0 N–H and O–H groups in total. The van der Waals surface area contributed by atoms with Crippen LogP contribution >= 0.6 is 0 Å². The van der Waals surface area contributed by atoms with E-state index in [2.05, 4.69) is 14.6 Å². The maximum atomic E-state index is 12.7. The zero-order valence-corrected chi connectivity index (χ0v) is 13.7. The van der Waals surface area contributed by atoms with Gasteiger partial charge in [-0.15, -0.1) is 0 Å². The van der Waals surface area contributed by atoms with Gasteiger partial charge >= 0.3 is 0 Å². The molecule has 3 rings (SSSR count). The lowest BCUT2D eigenvalue weighted by Gasteiger charge is -2.28. The first-order valence-electron chi connectivity index (χ1n) is 7.73. The smallest absolute Gasteiger partial charge is 0.257 e. The van der Waals surface area contributed by atoms with Crippen LogP contribution in [-0.2, 0) is 20.0 Å². The van der Waals surface area contributed by atoms with Gasteiger partial charge in [-0.1, -0.05) is 0 Å². The molecular weight excluding hydrogens is 278 g/mol. The van der Waals surface area contributed by atoms with Gasteiger partial charge in [0.15, 0.2) is 0 Å². The lowest BCUT2D eigenvalue weighted by molar-refractivity contribution is 0.0759. The van der Waals surface area contributed by atoms with Gasteiger partial charge in [0.1, 0.15) is 5.82 Å². The molecule has 2 aromatic heterocycles. The number of nitrogens with zero attached hydrogens (tertiary/aromatic N) is 5. The summed E-state index contributed by atoms with van der Waals surface area (Å²) >= 11 is 0. The Hall–Kier alpha value is -2.11. The number of rotatable bonds is 3. The summed E-state index contributed by atoms with van der Waals surface area (Å²) in [4.78, 5) is 18.9. The van der Waals surface area contributed by atoms with Crippen molar-refractivity contribution in [1.29, 1.82) is 0 Å². The topological polar surface area (TPSA) is 56.0 Å². The second kappa shape index (κ2) is 5.59. The molecule has 0 unspecified atom stereocenters. The zero-order valence-electron chi connectivity index (χ0n) is 13.7. The first-order chi connectivity index (χ1) is 10.5. The van der Waals surface area contributed by atoms with Crippen LogP contribution in [0.2, 0.25) is 0 Å². The molecule has 1 atom stereocenters. The minimum atomic E-state index is 0.0690. The molecule has 0 spiro atoms. The van der Waals surface area contributed by atoms with Gasteiger partial charge in [-0.2, -0.15) is 5.10 Å². The summed E-state index contributed by atoms with van der Waals surface area (Å²) in [5, 5.41) is 4.34. The summed E-state index contributed by atoms with van der Waals surface area (Å²) in [5.74, 6) is 1.71. The number of amides is 1. The summed E-state index contributed by atoms with van der Waals surface area (Å²) in [6, 6.07) is 0. The van der Waals surface area contributed by atoms with Crippen LogP contribution < -0.4 is 0 Å². The fraction of sp³-hybridized carbons (Fsp3) is 0.562. The molecule has 0 saturated carbocycles. The van der Waals surface area contributed by atoms with Crippen LogP contribution in [0.15, 0.2) is 12.4 Å². The number of carbonyl (C=O) groups excluding carboxylic acids is 1. The predicted octanol–water partition coefficient (Wildman–Crippen LogP) is 1.57. The van der Waals surface area contributed by atoms with Gasteiger partial charge in [0.2, 0.25) is 0 Å². The van der Waals surface area contributed by atoms with E-state index in [1.807, 2.05) is 45.2 Å². The highest BCUT2D eigenvalue weighted by atomic mass is 16.2. The molecule has 0 saturated heterocycles. The number of aromatic nitrogens is 4. The van der Waals surface area contributed by atoms with Crippen molar-refractivity contribution >= 4 is 5.91 Å². The first kappa shape index (κ1) is 14.8. The Morgan fingerprint density at radius 2 is 2.23 bits per heavy atom. The molecule has 1 aliphatic rings. The maximum Gasteiger partial charge on any atom is 0.257 e. The lowest BCUT2D eigenvalue weighted by atomic mass is 9.98. The van der Waals surface area contributed by atoms with Crippen LogP contribution in [0.3, 0.4) is 0 Å². The summed E-state index contributed by atoms with van der Waals surface area (Å²) in [5.41, 5.74) is 2.47. The van der Waals surface area contributed by atoms with Crippen molar-refractivity contribution in [3.05, 3.63) is 35.2 Å². The number of fused-ring (bicyclic) bond motifs is 1. The van der Waals surface area contributed by atoms with Gasteiger partial charge in [0.05, 0.1) is 11.3 Å².